The van der Waals surface area contributed by atoms with Gasteiger partial charge in [0.2, 0.25) is 0 Å². The largest absolute Gasteiger partial charge is 0.468 e. The first-order chi connectivity index (χ1) is 32.4. The molecule has 16 nitrogen and oxygen atoms in total. The van der Waals surface area contributed by atoms with E-state index >= 15 is 0 Å². The standard InChI is InChI=1S/C51H56O16/c1-35-6-10-40(11-7-35)49(53)58-28-37(3)62-34-67-47-24-16-43(17-25-47)51(55)60-30-39(5)63-33-66-46-22-12-41(13-23-46)48(52)57-27-26-56-31-64-45-20-14-42(15-21-45)50(54)59-29-38(4)61-32-65-44-18-8-36(2)9-19-44/h6-25,37-39H,26-34H2,1-5H3. The molecule has 0 saturated carbocycles. The number of rotatable bonds is 28. The van der Waals surface area contributed by atoms with Gasteiger partial charge in [0.25, 0.3) is 0 Å². The third-order valence-corrected chi connectivity index (χ3v) is 9.43. The summed E-state index contributed by atoms with van der Waals surface area (Å²) >= 11 is 0. The highest BCUT2D eigenvalue weighted by Gasteiger charge is 2.15. The van der Waals surface area contributed by atoms with Crippen molar-refractivity contribution in [1.82, 2.24) is 0 Å². The van der Waals surface area contributed by atoms with Gasteiger partial charge in [0.05, 0.1) is 47.2 Å². The molecule has 3 unspecified atom stereocenters. The molecular formula is C51H56O16. The quantitative estimate of drug-likeness (QED) is 0.0202. The second-order valence-electron chi connectivity index (χ2n) is 15.1. The predicted molar refractivity (Wildman–Crippen MR) is 242 cm³/mol. The molecule has 5 aromatic carbocycles. The van der Waals surface area contributed by atoms with Crippen LogP contribution in [0.15, 0.2) is 121 Å². The van der Waals surface area contributed by atoms with Crippen LogP contribution < -0.4 is 18.9 Å². The summed E-state index contributed by atoms with van der Waals surface area (Å²) in [5.74, 6) is 0.0853. The fourth-order valence-electron chi connectivity index (χ4n) is 5.46. The van der Waals surface area contributed by atoms with Crippen LogP contribution in [0.4, 0.5) is 0 Å². The summed E-state index contributed by atoms with van der Waals surface area (Å²) in [5, 5.41) is 0. The number of benzene rings is 5. The van der Waals surface area contributed by atoms with Crippen molar-refractivity contribution in [2.45, 2.75) is 52.9 Å². The number of carbonyl (C=O) groups excluding carboxylic acids is 4. The maximum absolute atomic E-state index is 12.6. The van der Waals surface area contributed by atoms with Crippen molar-refractivity contribution >= 4 is 23.9 Å². The molecule has 0 N–H and O–H groups in total. The van der Waals surface area contributed by atoms with Crippen LogP contribution in [0.2, 0.25) is 0 Å². The zero-order valence-corrected chi connectivity index (χ0v) is 38.2. The molecule has 0 spiro atoms. The van der Waals surface area contributed by atoms with Gasteiger partial charge in [0, 0.05) is 0 Å². The van der Waals surface area contributed by atoms with Gasteiger partial charge in [0.1, 0.15) is 49.4 Å². The van der Waals surface area contributed by atoms with Crippen molar-refractivity contribution in [3.05, 3.63) is 155 Å². The maximum atomic E-state index is 12.6. The molecule has 0 amide bonds. The van der Waals surface area contributed by atoms with Gasteiger partial charge in [-0.2, -0.15) is 0 Å². The molecule has 5 rings (SSSR count). The normalized spacial score (nSPS) is 12.2. The van der Waals surface area contributed by atoms with Gasteiger partial charge in [-0.25, -0.2) is 19.2 Å². The zero-order valence-electron chi connectivity index (χ0n) is 38.2. The van der Waals surface area contributed by atoms with E-state index in [4.69, 9.17) is 56.8 Å². The number of hydrogen-bond acceptors (Lipinski definition) is 16. The van der Waals surface area contributed by atoms with Gasteiger partial charge in [0.15, 0.2) is 27.2 Å². The molecule has 0 aliphatic carbocycles. The van der Waals surface area contributed by atoms with Gasteiger partial charge in [-0.05, 0) is 132 Å². The van der Waals surface area contributed by atoms with E-state index in [1.54, 1.807) is 106 Å². The number of ether oxygens (including phenoxy) is 12. The molecule has 67 heavy (non-hydrogen) atoms. The smallest absolute Gasteiger partial charge is 0.338 e. The summed E-state index contributed by atoms with van der Waals surface area (Å²) < 4.78 is 65.7. The van der Waals surface area contributed by atoms with E-state index in [1.807, 2.05) is 50.2 Å². The summed E-state index contributed by atoms with van der Waals surface area (Å²) in [6, 6.07) is 33.8. The van der Waals surface area contributed by atoms with Gasteiger partial charge >= 0.3 is 23.9 Å². The van der Waals surface area contributed by atoms with Crippen molar-refractivity contribution in [1.29, 1.82) is 0 Å². The van der Waals surface area contributed by atoms with E-state index in [1.165, 1.54) is 0 Å². The van der Waals surface area contributed by atoms with Crippen LogP contribution in [0, 0.1) is 13.8 Å². The minimum Gasteiger partial charge on any atom is -0.468 e. The fraction of sp³-hybridized carbons (Fsp3) is 0.333. The summed E-state index contributed by atoms with van der Waals surface area (Å²) in [7, 11) is 0. The monoisotopic (exact) mass is 924 g/mol. The lowest BCUT2D eigenvalue weighted by Gasteiger charge is -2.15. The Morgan fingerprint density at radius 1 is 0.358 bits per heavy atom. The first-order valence-electron chi connectivity index (χ1n) is 21.5. The van der Waals surface area contributed by atoms with Crippen LogP contribution in [-0.2, 0) is 37.9 Å². The van der Waals surface area contributed by atoms with Gasteiger partial charge in [-0.15, -0.1) is 0 Å². The summed E-state index contributed by atoms with van der Waals surface area (Å²) in [4.78, 5) is 49.7. The summed E-state index contributed by atoms with van der Waals surface area (Å²) in [6.07, 6.45) is -1.24. The van der Waals surface area contributed by atoms with E-state index in [0.29, 0.717) is 45.3 Å². The second-order valence-corrected chi connectivity index (χ2v) is 15.1. The minimum atomic E-state index is -0.543. The number of carbonyl (C=O) groups is 4. The Morgan fingerprint density at radius 2 is 0.627 bits per heavy atom. The number of aryl methyl sites for hydroxylation is 2. The maximum Gasteiger partial charge on any atom is 0.338 e. The highest BCUT2D eigenvalue weighted by Crippen LogP contribution is 2.17. The Morgan fingerprint density at radius 3 is 0.970 bits per heavy atom. The predicted octanol–water partition coefficient (Wildman–Crippen LogP) is 8.31. The number of hydrogen-bond donors (Lipinski definition) is 0. The van der Waals surface area contributed by atoms with E-state index < -0.39 is 36.1 Å². The third kappa shape index (κ3) is 18.8. The molecule has 0 fully saturated rings. The van der Waals surface area contributed by atoms with Crippen molar-refractivity contribution in [2.75, 3.05) is 60.2 Å². The second kappa shape index (κ2) is 27.5. The molecule has 0 aliphatic rings. The van der Waals surface area contributed by atoms with E-state index in [-0.39, 0.29) is 66.3 Å². The van der Waals surface area contributed by atoms with Crippen molar-refractivity contribution in [3.8, 4) is 23.0 Å². The fourth-order valence-corrected chi connectivity index (χ4v) is 5.46. The SMILES string of the molecule is Cc1ccc(OCOC(C)COC(=O)c2ccc(OCOCCOC(=O)c3ccc(OCOC(C)COC(=O)c4ccc(OCOC(C)COC(=O)c5ccc(C)cc5)cc4)cc3)cc2)cc1. The molecule has 16 heteroatoms. The molecule has 0 radical (unpaired) electrons. The number of esters is 4. The van der Waals surface area contributed by atoms with E-state index in [2.05, 4.69) is 0 Å². The Kier molecular flexibility index (Phi) is 20.9. The molecule has 0 saturated heterocycles. The molecule has 0 aromatic heterocycles. The lowest BCUT2D eigenvalue weighted by atomic mass is 10.1. The lowest BCUT2D eigenvalue weighted by Crippen LogP contribution is -2.21. The molecular weight excluding hydrogens is 869 g/mol. The first kappa shape index (κ1) is 51.0. The summed E-state index contributed by atoms with van der Waals surface area (Å²) in [5.41, 5.74) is 3.63. The van der Waals surface area contributed by atoms with Crippen LogP contribution in [0.5, 0.6) is 23.0 Å². The highest BCUT2D eigenvalue weighted by molar-refractivity contribution is 5.91. The van der Waals surface area contributed by atoms with E-state index in [0.717, 1.165) is 11.1 Å². The average Bonchev–Trinajstić information content (AvgIpc) is 3.34. The molecule has 0 aliphatic heterocycles. The minimum absolute atomic E-state index is 0.00532. The van der Waals surface area contributed by atoms with Crippen molar-refractivity contribution < 1.29 is 76.0 Å². The third-order valence-electron chi connectivity index (χ3n) is 9.43. The Balaban J connectivity index is 0.859. The Labute approximate surface area is 389 Å². The van der Waals surface area contributed by atoms with Crippen LogP contribution >= 0.6 is 0 Å². The molecule has 0 bridgehead atoms. The van der Waals surface area contributed by atoms with E-state index in [9.17, 15) is 19.2 Å². The zero-order chi connectivity index (χ0) is 47.8. The topological polar surface area (TPSA) is 179 Å². The van der Waals surface area contributed by atoms with Gasteiger partial charge < -0.3 is 56.8 Å². The Hall–Kier alpha value is -6.98. The van der Waals surface area contributed by atoms with Gasteiger partial charge in [-0.3, -0.25) is 0 Å². The highest BCUT2D eigenvalue weighted by atomic mass is 16.7. The van der Waals surface area contributed by atoms with Crippen molar-refractivity contribution in [2.24, 2.45) is 0 Å². The lowest BCUT2D eigenvalue weighted by molar-refractivity contribution is -0.0546. The molecule has 5 aromatic rings. The summed E-state index contributed by atoms with van der Waals surface area (Å²) in [6.45, 7) is 9.13. The van der Waals surface area contributed by atoms with Gasteiger partial charge in [-0.1, -0.05) is 35.4 Å². The molecule has 356 valence electrons. The van der Waals surface area contributed by atoms with Crippen LogP contribution in [-0.4, -0.2) is 102 Å². The first-order valence-corrected chi connectivity index (χ1v) is 21.5. The van der Waals surface area contributed by atoms with Crippen LogP contribution in [0.25, 0.3) is 0 Å². The average molecular weight is 925 g/mol. The van der Waals surface area contributed by atoms with Crippen molar-refractivity contribution in [3.63, 3.8) is 0 Å². The molecule has 3 atom stereocenters. The van der Waals surface area contributed by atoms with Crippen LogP contribution in [0.1, 0.15) is 73.3 Å². The Bertz CT molecular complexity index is 2260. The molecule has 0 heterocycles. The van der Waals surface area contributed by atoms with Crippen LogP contribution in [0.3, 0.4) is 0 Å².